The van der Waals surface area contributed by atoms with Crippen molar-refractivity contribution in [1.29, 1.82) is 0 Å². The fourth-order valence-electron chi connectivity index (χ4n) is 9.29. The number of epoxide rings is 1. The number of likely N-dealkylation sites (N-methyl/N-ethyl adjacent to an activating group) is 3. The predicted molar refractivity (Wildman–Crippen MR) is 293 cm³/mol. The quantitative estimate of drug-likeness (QED) is 0.0395. The number of carbonyl (C=O) groups is 7. The van der Waals surface area contributed by atoms with Gasteiger partial charge in [-0.15, -0.1) is 0 Å². The van der Waals surface area contributed by atoms with E-state index in [0.29, 0.717) is 43.9 Å². The summed E-state index contributed by atoms with van der Waals surface area (Å²) >= 11 is 10.9. The first kappa shape index (κ1) is 62.9. The van der Waals surface area contributed by atoms with Crippen molar-refractivity contribution < 1.29 is 71.8 Å². The summed E-state index contributed by atoms with van der Waals surface area (Å²) in [5, 5.41) is 17.2. The van der Waals surface area contributed by atoms with Crippen LogP contribution in [0.5, 0.6) is 5.75 Å². The van der Waals surface area contributed by atoms with Gasteiger partial charge in [-0.25, -0.2) is 14.4 Å². The van der Waals surface area contributed by atoms with Gasteiger partial charge in [0.1, 0.15) is 46.8 Å². The first-order valence-corrected chi connectivity index (χ1v) is 28.2. The Morgan fingerprint density at radius 1 is 1.08 bits per heavy atom. The first-order valence-electron chi connectivity index (χ1n) is 25.7. The maximum Gasteiger partial charge on any atom is 0.410 e. The van der Waals surface area contributed by atoms with Crippen molar-refractivity contribution in [3.63, 3.8) is 0 Å². The zero-order valence-electron chi connectivity index (χ0n) is 45.7. The number of nitrogens with one attached hydrogen (secondary N) is 2. The Balaban J connectivity index is 1.18. The smallest absolute Gasteiger partial charge is 0.410 e. The molecule has 4 bridgehead atoms. The lowest BCUT2D eigenvalue weighted by atomic mass is 9.83. The van der Waals surface area contributed by atoms with Crippen molar-refractivity contribution in [3.8, 4) is 5.75 Å². The number of halogens is 2. The SMILES string of the molecule is COc1cc2cc(c1Cl)N(C)C(=O)C[C@H](OC(=O)[C@H](C)N(C)C(=O)CCSC(=O)N(C)CCN(C)C(=O)OC1/C=C/CC(OCCNC(=O)CBr)CCC1)[C@]1(C)O[C@H]1[C@H](C)[C@@H]1C[C@@](O)(NC(=O)O1)[C@H](OC)/C=C/C=C(\C)C2. The van der Waals surface area contributed by atoms with Crippen LogP contribution in [-0.4, -0.2) is 195 Å². The van der Waals surface area contributed by atoms with E-state index in [1.54, 1.807) is 59.3 Å². The van der Waals surface area contributed by atoms with Crippen LogP contribution in [0.25, 0.3) is 0 Å². The number of esters is 1. The molecule has 10 atom stereocenters. The fourth-order valence-corrected chi connectivity index (χ4v) is 10.6. The van der Waals surface area contributed by atoms with Crippen LogP contribution >= 0.6 is 39.3 Å². The number of alkyl carbamates (subject to hydrolysis) is 1. The highest BCUT2D eigenvalue weighted by molar-refractivity contribution is 9.09. The van der Waals surface area contributed by atoms with E-state index in [-0.39, 0.29) is 65.7 Å². The van der Waals surface area contributed by atoms with E-state index >= 15 is 0 Å². The Bertz CT molecular complexity index is 2380. The Labute approximate surface area is 469 Å². The van der Waals surface area contributed by atoms with E-state index in [1.807, 2.05) is 25.2 Å². The minimum atomic E-state index is -1.88. The number of alkyl halides is 1. The Morgan fingerprint density at radius 3 is 2.51 bits per heavy atom. The summed E-state index contributed by atoms with van der Waals surface area (Å²) in [6.07, 6.45) is 5.99. The van der Waals surface area contributed by atoms with Crippen molar-refractivity contribution >= 4 is 86.1 Å². The average Bonchev–Trinajstić information content (AvgIpc) is 4.19. The van der Waals surface area contributed by atoms with Gasteiger partial charge < -0.3 is 63.2 Å². The van der Waals surface area contributed by atoms with Crippen molar-refractivity contribution in [1.82, 2.24) is 25.3 Å². The van der Waals surface area contributed by atoms with E-state index in [9.17, 15) is 38.7 Å². The summed E-state index contributed by atoms with van der Waals surface area (Å²) in [5.41, 5.74) is -1.18. The molecule has 5 rings (SSSR count). The number of ether oxygens (including phenoxy) is 7. The van der Waals surface area contributed by atoms with E-state index < -0.39 is 83.8 Å². The number of anilines is 1. The lowest BCUT2D eigenvalue weighted by Crippen LogP contribution is -2.63. The molecule has 3 N–H and O–H groups in total. The monoisotopic (exact) mass is 1180 g/mol. The van der Waals surface area contributed by atoms with Crippen LogP contribution in [0.15, 0.2) is 48.1 Å². The zero-order chi connectivity index (χ0) is 56.8. The highest BCUT2D eigenvalue weighted by Gasteiger charge is 2.64. The number of hydrogen-bond acceptors (Lipinski definition) is 16. The summed E-state index contributed by atoms with van der Waals surface area (Å²) in [5.74, 6) is -2.04. The number of carbonyl (C=O) groups excluding carboxylic acids is 7. The second kappa shape index (κ2) is 28.8. The van der Waals surface area contributed by atoms with Crippen LogP contribution in [0.3, 0.4) is 0 Å². The molecular weight excluding hydrogens is 1110 g/mol. The number of thioether (sulfide) groups is 1. The summed E-state index contributed by atoms with van der Waals surface area (Å²) < 4.78 is 41.1. The van der Waals surface area contributed by atoms with Crippen LogP contribution in [0.2, 0.25) is 5.02 Å². The number of aliphatic hydroxyl groups is 1. The second-order valence-electron chi connectivity index (χ2n) is 20.1. The molecule has 428 valence electrons. The molecule has 24 heteroatoms. The lowest BCUT2D eigenvalue weighted by Gasteiger charge is -2.42. The predicted octanol–water partition coefficient (Wildman–Crippen LogP) is 6.15. The van der Waals surface area contributed by atoms with Gasteiger partial charge in [0.25, 0.3) is 5.24 Å². The molecule has 2 unspecified atom stereocenters. The standard InChI is InChI=1S/C53H76BrClN6O15S/c1-32-14-11-19-41(71-10)53(69)30-40(74-49(66)57-53)33(2)47-52(4,76-47)42(29-45(64)61(8)38-27-35(26-32)28-39(70-9)46(38)55)75-48(65)34(3)60(7)44(63)20-25-77-51(68)59(6)23-22-58(5)50(67)73-37-17-12-15-36(16-13-18-37)72-24-21-56-43(62)31-54/h11-12,14,17,19,27-28,33-34,36-37,40-42,47,69H,13,15-16,18,20-26,29-31H2,1-10H3,(H,56,62)(H,57,66)/b17-12+,19-11+,32-14+/t33-,34+,36?,37?,40+,41-,42+,47+,52+,53+/m1/s1. The van der Waals surface area contributed by atoms with E-state index in [0.717, 1.165) is 35.7 Å². The molecule has 1 aromatic rings. The third-order valence-corrected chi connectivity index (χ3v) is 16.2. The largest absolute Gasteiger partial charge is 0.495 e. The molecule has 0 saturated carbocycles. The summed E-state index contributed by atoms with van der Waals surface area (Å²) in [7, 11) is 9.06. The molecule has 0 aromatic heterocycles. The Kier molecular flexibility index (Phi) is 23.5. The molecule has 1 aromatic carbocycles. The molecule has 21 nitrogen and oxygen atoms in total. The molecule has 2 saturated heterocycles. The Hall–Kier alpha value is -4.91. The third-order valence-electron chi connectivity index (χ3n) is 14.4. The number of fused-ring (bicyclic) bond motifs is 5. The Morgan fingerprint density at radius 2 is 1.81 bits per heavy atom. The van der Waals surface area contributed by atoms with Crippen molar-refractivity contribution in [3.05, 3.63) is 58.7 Å². The summed E-state index contributed by atoms with van der Waals surface area (Å²) in [6, 6.07) is 2.39. The molecule has 1 aliphatic carbocycles. The number of nitrogens with zero attached hydrogens (tertiary/aromatic N) is 4. The van der Waals surface area contributed by atoms with Crippen molar-refractivity contribution in [2.24, 2.45) is 5.92 Å². The van der Waals surface area contributed by atoms with Gasteiger partial charge in [0, 0.05) is 79.4 Å². The van der Waals surface area contributed by atoms with Gasteiger partial charge in [0.2, 0.25) is 17.7 Å². The second-order valence-corrected chi connectivity index (χ2v) is 22.1. The molecule has 0 spiro atoms. The van der Waals surface area contributed by atoms with Gasteiger partial charge in [0.05, 0.1) is 43.4 Å². The van der Waals surface area contributed by atoms with Crippen molar-refractivity contribution in [2.45, 2.75) is 133 Å². The lowest BCUT2D eigenvalue weighted by molar-refractivity contribution is -0.162. The number of benzene rings is 1. The first-order chi connectivity index (χ1) is 36.4. The summed E-state index contributed by atoms with van der Waals surface area (Å²) in [6.45, 7) is 8.08. The van der Waals surface area contributed by atoms with Crippen LogP contribution < -0.4 is 20.3 Å². The molecule has 0 radical (unpaired) electrons. The fraction of sp³-hybridized carbons (Fsp3) is 0.642. The van der Waals surface area contributed by atoms with Gasteiger partial charge in [0.15, 0.2) is 5.72 Å². The topological polar surface area (TPSA) is 245 Å². The minimum absolute atomic E-state index is 0.00572. The van der Waals surface area contributed by atoms with E-state index in [4.69, 9.17) is 44.8 Å². The van der Waals surface area contributed by atoms with E-state index in [1.165, 1.54) is 47.8 Å². The molecule has 4 aliphatic rings. The minimum Gasteiger partial charge on any atom is -0.495 e. The van der Waals surface area contributed by atoms with Gasteiger partial charge in [-0.1, -0.05) is 76.1 Å². The van der Waals surface area contributed by atoms with Gasteiger partial charge in [-0.05, 0) is 76.6 Å². The molecule has 6 amide bonds. The maximum absolute atomic E-state index is 14.4. The maximum atomic E-state index is 14.4. The number of methoxy groups -OCH3 is 2. The molecule has 2 fully saturated rings. The highest BCUT2D eigenvalue weighted by atomic mass is 79.9. The van der Waals surface area contributed by atoms with Crippen LogP contribution in [0, 0.1) is 5.92 Å². The number of rotatable bonds is 17. The molecule has 3 heterocycles. The molecule has 3 aliphatic heterocycles. The zero-order valence-corrected chi connectivity index (χ0v) is 48.8. The van der Waals surface area contributed by atoms with Gasteiger partial charge >= 0.3 is 18.2 Å². The average molecular weight is 1180 g/mol. The summed E-state index contributed by atoms with van der Waals surface area (Å²) in [4.78, 5) is 97.9. The van der Waals surface area contributed by atoms with Crippen molar-refractivity contribution in [2.75, 3.05) is 84.6 Å². The highest BCUT2D eigenvalue weighted by Crippen LogP contribution is 2.49. The number of amides is 6. The van der Waals surface area contributed by atoms with Gasteiger partial charge in [-0.2, -0.15) is 0 Å². The van der Waals surface area contributed by atoms with Crippen LogP contribution in [0.1, 0.15) is 78.2 Å². The van der Waals surface area contributed by atoms with Crippen LogP contribution in [-0.2, 0) is 54.0 Å². The van der Waals surface area contributed by atoms with Crippen LogP contribution in [0.4, 0.5) is 20.1 Å². The molecular formula is C53H76BrClN6O15S. The normalized spacial score (nSPS) is 28.5. The number of allylic oxidation sites excluding steroid dienone is 3. The van der Waals surface area contributed by atoms with E-state index in [2.05, 4.69) is 26.6 Å². The van der Waals surface area contributed by atoms with Gasteiger partial charge in [-0.3, -0.25) is 24.5 Å². The molecule has 77 heavy (non-hydrogen) atoms. The number of hydrogen-bond donors (Lipinski definition) is 3. The third kappa shape index (κ3) is 17.3.